The highest BCUT2D eigenvalue weighted by atomic mass is 19.2. The Bertz CT molecular complexity index is 448. The fraction of sp³-hybridized carbons (Fsp3) is 0.625. The Labute approximate surface area is 124 Å². The molecule has 1 aliphatic rings. The zero-order valence-electron chi connectivity index (χ0n) is 12.6. The average molecular weight is 300 g/mol. The number of hydrogen-bond donors (Lipinski definition) is 1. The molecule has 1 N–H and O–H groups in total. The fourth-order valence-corrected chi connectivity index (χ4v) is 2.81. The van der Waals surface area contributed by atoms with Crippen LogP contribution in [-0.4, -0.2) is 31.1 Å². The summed E-state index contributed by atoms with van der Waals surface area (Å²) in [6.07, 6.45) is 1.79. The first-order chi connectivity index (χ1) is 9.99. The van der Waals surface area contributed by atoms with Gasteiger partial charge in [0.1, 0.15) is 0 Å². The van der Waals surface area contributed by atoms with Crippen LogP contribution in [0.4, 0.5) is 13.2 Å². The lowest BCUT2D eigenvalue weighted by atomic mass is 9.95. The molecule has 1 aromatic carbocycles. The number of benzene rings is 1. The van der Waals surface area contributed by atoms with E-state index in [1.54, 1.807) is 0 Å². The van der Waals surface area contributed by atoms with E-state index in [1.165, 1.54) is 0 Å². The van der Waals surface area contributed by atoms with Crippen LogP contribution in [0.2, 0.25) is 0 Å². The van der Waals surface area contributed by atoms with Crippen LogP contribution in [0.15, 0.2) is 12.1 Å². The van der Waals surface area contributed by atoms with Crippen LogP contribution in [0.1, 0.15) is 38.3 Å². The number of nitrogens with zero attached hydrogens (tertiary/aromatic N) is 1. The molecule has 1 atom stereocenters. The summed E-state index contributed by atoms with van der Waals surface area (Å²) in [5.41, 5.74) is 0.536. The van der Waals surface area contributed by atoms with Crippen molar-refractivity contribution in [2.24, 2.45) is 5.92 Å². The third kappa shape index (κ3) is 4.20. The topological polar surface area (TPSA) is 15.3 Å². The Morgan fingerprint density at radius 1 is 1.05 bits per heavy atom. The van der Waals surface area contributed by atoms with E-state index >= 15 is 0 Å². The maximum atomic E-state index is 13.5. The van der Waals surface area contributed by atoms with Gasteiger partial charge in [-0.1, -0.05) is 13.8 Å². The van der Waals surface area contributed by atoms with Gasteiger partial charge < -0.3 is 5.32 Å². The van der Waals surface area contributed by atoms with Crippen LogP contribution in [-0.2, 0) is 0 Å². The molecule has 0 amide bonds. The number of halogens is 3. The molecule has 0 aliphatic carbocycles. The summed E-state index contributed by atoms with van der Waals surface area (Å²) < 4.78 is 40.2. The fourth-order valence-electron chi connectivity index (χ4n) is 2.81. The van der Waals surface area contributed by atoms with Crippen LogP contribution in [0.25, 0.3) is 0 Å². The van der Waals surface area contributed by atoms with Crippen LogP contribution >= 0.6 is 0 Å². The quantitative estimate of drug-likeness (QED) is 0.838. The Kier molecular flexibility index (Phi) is 5.65. The number of piperazine rings is 1. The van der Waals surface area contributed by atoms with Crippen molar-refractivity contribution in [3.05, 3.63) is 35.1 Å². The van der Waals surface area contributed by atoms with Gasteiger partial charge in [-0.2, -0.15) is 0 Å². The highest BCUT2D eigenvalue weighted by Gasteiger charge is 2.24. The second-order valence-electron chi connectivity index (χ2n) is 6.07. The third-order valence-electron chi connectivity index (χ3n) is 4.00. The third-order valence-corrected chi connectivity index (χ3v) is 4.00. The van der Waals surface area contributed by atoms with Crippen LogP contribution in [0.3, 0.4) is 0 Å². The molecule has 2 rings (SSSR count). The normalized spacial score (nSPS) is 18.2. The minimum absolute atomic E-state index is 0.0564. The van der Waals surface area contributed by atoms with Gasteiger partial charge in [0, 0.05) is 32.2 Å². The van der Waals surface area contributed by atoms with E-state index in [-0.39, 0.29) is 6.04 Å². The van der Waals surface area contributed by atoms with Crippen molar-refractivity contribution in [2.45, 2.75) is 32.7 Å². The predicted octanol–water partition coefficient (Wildman–Crippen LogP) is 3.49. The summed E-state index contributed by atoms with van der Waals surface area (Å²) in [5, 5.41) is 3.27. The molecular weight excluding hydrogens is 277 g/mol. The van der Waals surface area contributed by atoms with Gasteiger partial charge in [-0.3, -0.25) is 4.90 Å². The Hall–Kier alpha value is -1.07. The van der Waals surface area contributed by atoms with E-state index in [0.29, 0.717) is 11.5 Å². The molecule has 1 aliphatic heterocycles. The van der Waals surface area contributed by atoms with Gasteiger partial charge in [-0.15, -0.1) is 0 Å². The zero-order chi connectivity index (χ0) is 15.4. The lowest BCUT2D eigenvalue weighted by Gasteiger charge is -2.35. The van der Waals surface area contributed by atoms with Crippen molar-refractivity contribution in [1.29, 1.82) is 0 Å². The van der Waals surface area contributed by atoms with Crippen molar-refractivity contribution in [3.63, 3.8) is 0 Å². The van der Waals surface area contributed by atoms with E-state index in [4.69, 9.17) is 0 Å². The zero-order valence-corrected chi connectivity index (χ0v) is 12.6. The SMILES string of the molecule is CC(C)CC[C@H](c1cc(F)c(F)c(F)c1)N1CCNCC1. The molecule has 1 aromatic rings. The molecule has 21 heavy (non-hydrogen) atoms. The first-order valence-corrected chi connectivity index (χ1v) is 7.58. The van der Waals surface area contributed by atoms with Gasteiger partial charge in [0.05, 0.1) is 0 Å². The lowest BCUT2D eigenvalue weighted by Crippen LogP contribution is -2.45. The molecule has 0 spiro atoms. The summed E-state index contributed by atoms with van der Waals surface area (Å²) in [6, 6.07) is 2.23. The van der Waals surface area contributed by atoms with Crippen molar-refractivity contribution in [2.75, 3.05) is 26.2 Å². The van der Waals surface area contributed by atoms with Crippen molar-refractivity contribution < 1.29 is 13.2 Å². The molecule has 0 bridgehead atoms. The van der Waals surface area contributed by atoms with Gasteiger partial charge in [-0.25, -0.2) is 13.2 Å². The van der Waals surface area contributed by atoms with Crippen LogP contribution in [0.5, 0.6) is 0 Å². The van der Waals surface area contributed by atoms with E-state index in [2.05, 4.69) is 24.1 Å². The molecule has 118 valence electrons. The lowest BCUT2D eigenvalue weighted by molar-refractivity contribution is 0.159. The minimum atomic E-state index is -1.39. The smallest absolute Gasteiger partial charge is 0.194 e. The van der Waals surface area contributed by atoms with Gasteiger partial charge in [0.25, 0.3) is 0 Å². The molecule has 5 heteroatoms. The Morgan fingerprint density at radius 3 is 2.14 bits per heavy atom. The second kappa shape index (κ2) is 7.27. The molecular formula is C16H23F3N2. The first-order valence-electron chi connectivity index (χ1n) is 7.58. The van der Waals surface area contributed by atoms with E-state index in [9.17, 15) is 13.2 Å². The molecule has 1 fully saturated rings. The van der Waals surface area contributed by atoms with Crippen LogP contribution in [0, 0.1) is 23.4 Å². The van der Waals surface area contributed by atoms with E-state index in [1.807, 2.05) is 0 Å². The monoisotopic (exact) mass is 300 g/mol. The van der Waals surface area contributed by atoms with Crippen molar-refractivity contribution in [1.82, 2.24) is 10.2 Å². The minimum Gasteiger partial charge on any atom is -0.314 e. The predicted molar refractivity (Wildman–Crippen MR) is 77.6 cm³/mol. The van der Waals surface area contributed by atoms with Crippen molar-refractivity contribution in [3.8, 4) is 0 Å². The van der Waals surface area contributed by atoms with E-state index in [0.717, 1.165) is 51.2 Å². The largest absolute Gasteiger partial charge is 0.314 e. The number of nitrogens with one attached hydrogen (secondary N) is 1. The van der Waals surface area contributed by atoms with Crippen LogP contribution < -0.4 is 5.32 Å². The van der Waals surface area contributed by atoms with Crippen molar-refractivity contribution >= 4 is 0 Å². The summed E-state index contributed by atoms with van der Waals surface area (Å²) >= 11 is 0. The average Bonchev–Trinajstić information content (AvgIpc) is 2.45. The van der Waals surface area contributed by atoms with Gasteiger partial charge in [-0.05, 0) is 36.5 Å². The highest BCUT2D eigenvalue weighted by molar-refractivity contribution is 5.23. The summed E-state index contributed by atoms with van der Waals surface area (Å²) in [7, 11) is 0. The summed E-state index contributed by atoms with van der Waals surface area (Å²) in [5.74, 6) is -3.07. The van der Waals surface area contributed by atoms with E-state index < -0.39 is 17.5 Å². The molecule has 0 saturated carbocycles. The highest BCUT2D eigenvalue weighted by Crippen LogP contribution is 2.29. The summed E-state index contributed by atoms with van der Waals surface area (Å²) in [4.78, 5) is 2.23. The van der Waals surface area contributed by atoms with Gasteiger partial charge in [0.15, 0.2) is 17.5 Å². The summed E-state index contributed by atoms with van der Waals surface area (Å²) in [6.45, 7) is 7.66. The molecule has 0 radical (unpaired) electrons. The first kappa shape index (κ1) is 16.3. The van der Waals surface area contributed by atoms with Gasteiger partial charge in [0.2, 0.25) is 0 Å². The number of rotatable bonds is 5. The Morgan fingerprint density at radius 2 is 1.62 bits per heavy atom. The second-order valence-corrected chi connectivity index (χ2v) is 6.07. The molecule has 1 heterocycles. The Balaban J connectivity index is 2.24. The maximum absolute atomic E-state index is 13.5. The molecule has 0 aromatic heterocycles. The standard InChI is InChI=1S/C16H23F3N2/c1-11(2)3-4-15(21-7-5-20-6-8-21)12-9-13(17)16(19)14(18)10-12/h9-11,15,20H,3-8H2,1-2H3/t15-/m1/s1. The number of hydrogen-bond acceptors (Lipinski definition) is 2. The van der Waals surface area contributed by atoms with Gasteiger partial charge >= 0.3 is 0 Å². The molecule has 1 saturated heterocycles. The maximum Gasteiger partial charge on any atom is 0.194 e. The molecule has 2 nitrogen and oxygen atoms in total. The molecule has 0 unspecified atom stereocenters.